The standard InChI is InChI=1S/C20H23N3O5/c1-3-6-16-7-8-17(18(13-16)26-2)27-15-20(25)28-14-19(24)23(11-4-9-21)12-5-10-22/h3,6-8,13H,4-5,11-12,14-15H2,1-2H3/b6-3+. The van der Waals surface area contributed by atoms with Gasteiger partial charge in [0.15, 0.2) is 24.7 Å². The number of methoxy groups -OCH3 is 1. The highest BCUT2D eigenvalue weighted by Crippen LogP contribution is 2.28. The molecule has 0 radical (unpaired) electrons. The third-order valence-electron chi connectivity index (χ3n) is 3.59. The summed E-state index contributed by atoms with van der Waals surface area (Å²) in [5, 5.41) is 17.3. The van der Waals surface area contributed by atoms with Crippen LogP contribution in [0.25, 0.3) is 6.08 Å². The van der Waals surface area contributed by atoms with Crippen LogP contribution in [0.1, 0.15) is 25.3 Å². The number of hydrogen-bond acceptors (Lipinski definition) is 7. The predicted octanol–water partition coefficient (Wildman–Crippen LogP) is 2.31. The van der Waals surface area contributed by atoms with Crippen molar-refractivity contribution in [3.63, 3.8) is 0 Å². The molecule has 0 spiro atoms. The number of benzene rings is 1. The molecule has 8 nitrogen and oxygen atoms in total. The van der Waals surface area contributed by atoms with E-state index in [9.17, 15) is 9.59 Å². The molecule has 0 saturated carbocycles. The van der Waals surface area contributed by atoms with Crippen LogP contribution in [-0.2, 0) is 14.3 Å². The molecular weight excluding hydrogens is 362 g/mol. The van der Waals surface area contributed by atoms with Crippen LogP contribution in [0, 0.1) is 22.7 Å². The van der Waals surface area contributed by atoms with Gasteiger partial charge in [-0.3, -0.25) is 4.79 Å². The molecule has 0 aromatic heterocycles. The van der Waals surface area contributed by atoms with Crippen molar-refractivity contribution in [2.24, 2.45) is 0 Å². The highest BCUT2D eigenvalue weighted by atomic mass is 16.6. The predicted molar refractivity (Wildman–Crippen MR) is 101 cm³/mol. The lowest BCUT2D eigenvalue weighted by Crippen LogP contribution is -2.36. The third-order valence-corrected chi connectivity index (χ3v) is 3.59. The van der Waals surface area contributed by atoms with Gasteiger partial charge in [0.05, 0.1) is 32.1 Å². The minimum absolute atomic E-state index is 0.136. The summed E-state index contributed by atoms with van der Waals surface area (Å²) in [4.78, 5) is 25.3. The number of amides is 1. The average molecular weight is 385 g/mol. The van der Waals surface area contributed by atoms with E-state index in [1.165, 1.54) is 12.0 Å². The van der Waals surface area contributed by atoms with Crippen LogP contribution in [0.4, 0.5) is 0 Å². The van der Waals surface area contributed by atoms with E-state index >= 15 is 0 Å². The third kappa shape index (κ3) is 7.79. The van der Waals surface area contributed by atoms with Gasteiger partial charge in [0.25, 0.3) is 5.91 Å². The zero-order valence-corrected chi connectivity index (χ0v) is 16.0. The molecule has 1 rings (SSSR count). The SMILES string of the molecule is C/C=C/c1ccc(OCC(=O)OCC(=O)N(CCC#N)CCC#N)c(OC)c1. The second kappa shape index (κ2) is 12.8. The maximum atomic E-state index is 12.1. The van der Waals surface area contributed by atoms with Crippen LogP contribution >= 0.6 is 0 Å². The number of carbonyl (C=O) groups excluding carboxylic acids is 2. The molecule has 0 bridgehead atoms. The van der Waals surface area contributed by atoms with Gasteiger partial charge in [-0.25, -0.2) is 4.79 Å². The first-order valence-electron chi connectivity index (χ1n) is 8.66. The molecule has 28 heavy (non-hydrogen) atoms. The summed E-state index contributed by atoms with van der Waals surface area (Å²) < 4.78 is 15.6. The van der Waals surface area contributed by atoms with Crippen molar-refractivity contribution in [3.8, 4) is 23.6 Å². The molecule has 1 aromatic rings. The number of ether oxygens (including phenoxy) is 3. The molecule has 0 aliphatic carbocycles. The van der Waals surface area contributed by atoms with Crippen LogP contribution in [-0.4, -0.2) is 50.2 Å². The largest absolute Gasteiger partial charge is 0.493 e. The Kier molecular flexibility index (Phi) is 10.3. The van der Waals surface area contributed by atoms with Crippen molar-refractivity contribution in [2.45, 2.75) is 19.8 Å². The lowest BCUT2D eigenvalue weighted by Gasteiger charge is -2.20. The second-order valence-electron chi connectivity index (χ2n) is 5.56. The highest BCUT2D eigenvalue weighted by molar-refractivity contribution is 5.81. The Morgan fingerprint density at radius 3 is 2.36 bits per heavy atom. The average Bonchev–Trinajstić information content (AvgIpc) is 2.71. The molecule has 0 saturated heterocycles. The Balaban J connectivity index is 2.55. The summed E-state index contributed by atoms with van der Waals surface area (Å²) in [6.07, 6.45) is 4.06. The molecular formula is C20H23N3O5. The van der Waals surface area contributed by atoms with E-state index in [4.69, 9.17) is 24.7 Å². The van der Waals surface area contributed by atoms with Crippen LogP contribution in [0.3, 0.4) is 0 Å². The minimum Gasteiger partial charge on any atom is -0.493 e. The van der Waals surface area contributed by atoms with E-state index in [0.29, 0.717) is 11.5 Å². The van der Waals surface area contributed by atoms with Crippen molar-refractivity contribution >= 4 is 18.0 Å². The van der Waals surface area contributed by atoms with Crippen molar-refractivity contribution in [3.05, 3.63) is 29.8 Å². The van der Waals surface area contributed by atoms with Gasteiger partial charge in [-0.1, -0.05) is 18.2 Å². The Bertz CT molecular complexity index is 759. The molecule has 148 valence electrons. The number of nitriles is 2. The van der Waals surface area contributed by atoms with E-state index in [2.05, 4.69) is 0 Å². The second-order valence-corrected chi connectivity index (χ2v) is 5.56. The molecule has 0 N–H and O–H groups in total. The number of esters is 1. The van der Waals surface area contributed by atoms with Gasteiger partial charge in [0.2, 0.25) is 0 Å². The first-order chi connectivity index (χ1) is 13.5. The van der Waals surface area contributed by atoms with Gasteiger partial charge in [0.1, 0.15) is 0 Å². The van der Waals surface area contributed by atoms with Crippen molar-refractivity contribution < 1.29 is 23.8 Å². The maximum absolute atomic E-state index is 12.1. The molecule has 1 amide bonds. The molecule has 1 aromatic carbocycles. The van der Waals surface area contributed by atoms with Gasteiger partial charge in [0, 0.05) is 13.1 Å². The molecule has 0 fully saturated rings. The monoisotopic (exact) mass is 385 g/mol. The Morgan fingerprint density at radius 1 is 1.11 bits per heavy atom. The fourth-order valence-electron chi connectivity index (χ4n) is 2.24. The number of allylic oxidation sites excluding steroid dienone is 1. The van der Waals surface area contributed by atoms with Gasteiger partial charge < -0.3 is 19.1 Å². The van der Waals surface area contributed by atoms with Crippen LogP contribution in [0.2, 0.25) is 0 Å². The van der Waals surface area contributed by atoms with Crippen LogP contribution < -0.4 is 9.47 Å². The summed E-state index contributed by atoms with van der Waals surface area (Å²) in [6.45, 7) is 1.40. The normalized spacial score (nSPS) is 10.0. The number of hydrogen-bond donors (Lipinski definition) is 0. The summed E-state index contributed by atoms with van der Waals surface area (Å²) in [5.41, 5.74) is 0.926. The zero-order chi connectivity index (χ0) is 20.8. The van der Waals surface area contributed by atoms with Crippen LogP contribution in [0.15, 0.2) is 24.3 Å². The summed E-state index contributed by atoms with van der Waals surface area (Å²) in [5.74, 6) is -0.331. The van der Waals surface area contributed by atoms with Gasteiger partial charge in [-0.05, 0) is 24.6 Å². The van der Waals surface area contributed by atoms with E-state index in [0.717, 1.165) is 5.56 Å². The smallest absolute Gasteiger partial charge is 0.344 e. The van der Waals surface area contributed by atoms with Crippen molar-refractivity contribution in [1.82, 2.24) is 4.90 Å². The minimum atomic E-state index is -0.714. The molecule has 0 heterocycles. The van der Waals surface area contributed by atoms with E-state index in [-0.39, 0.29) is 32.5 Å². The van der Waals surface area contributed by atoms with E-state index < -0.39 is 18.5 Å². The number of carbonyl (C=O) groups is 2. The van der Waals surface area contributed by atoms with E-state index in [1.54, 1.807) is 12.1 Å². The van der Waals surface area contributed by atoms with E-state index in [1.807, 2.05) is 37.3 Å². The number of rotatable bonds is 11. The summed E-state index contributed by atoms with van der Waals surface area (Å²) >= 11 is 0. The Labute approximate surface area is 164 Å². The fraction of sp³-hybridized carbons (Fsp3) is 0.400. The zero-order valence-electron chi connectivity index (χ0n) is 16.0. The maximum Gasteiger partial charge on any atom is 0.344 e. The highest BCUT2D eigenvalue weighted by Gasteiger charge is 2.16. The van der Waals surface area contributed by atoms with Crippen molar-refractivity contribution in [2.75, 3.05) is 33.4 Å². The molecule has 0 aliphatic heterocycles. The molecule has 0 aliphatic rings. The van der Waals surface area contributed by atoms with Crippen LogP contribution in [0.5, 0.6) is 11.5 Å². The lowest BCUT2D eigenvalue weighted by atomic mass is 10.2. The Hall–Kier alpha value is -3.52. The van der Waals surface area contributed by atoms with Crippen molar-refractivity contribution in [1.29, 1.82) is 10.5 Å². The fourth-order valence-corrected chi connectivity index (χ4v) is 2.24. The molecule has 8 heteroatoms. The lowest BCUT2D eigenvalue weighted by molar-refractivity contribution is -0.153. The quantitative estimate of drug-likeness (QED) is 0.537. The van der Waals surface area contributed by atoms with Gasteiger partial charge in [-0.15, -0.1) is 0 Å². The summed E-state index contributed by atoms with van der Waals surface area (Å²) in [7, 11) is 1.50. The molecule has 0 unspecified atom stereocenters. The topological polar surface area (TPSA) is 113 Å². The van der Waals surface area contributed by atoms with Gasteiger partial charge >= 0.3 is 5.97 Å². The first-order valence-corrected chi connectivity index (χ1v) is 8.66. The van der Waals surface area contributed by atoms with Gasteiger partial charge in [-0.2, -0.15) is 10.5 Å². The number of nitrogens with zero attached hydrogens (tertiary/aromatic N) is 3. The molecule has 0 atom stereocenters. The first kappa shape index (κ1) is 22.5. The summed E-state index contributed by atoms with van der Waals surface area (Å²) in [6, 6.07) is 9.13. The Morgan fingerprint density at radius 2 is 1.79 bits per heavy atom.